The van der Waals surface area contributed by atoms with Crippen LogP contribution >= 0.6 is 22.6 Å². The Labute approximate surface area is 178 Å². The highest BCUT2D eigenvalue weighted by Crippen LogP contribution is 2.23. The molecular weight excluding hydrogens is 473 g/mol. The normalized spacial score (nSPS) is 13.3. The zero-order chi connectivity index (χ0) is 20.8. The van der Waals surface area contributed by atoms with Gasteiger partial charge in [-0.15, -0.1) is 0 Å². The fourth-order valence-corrected chi connectivity index (χ4v) is 4.21. The Kier molecular flexibility index (Phi) is 7.85. The van der Waals surface area contributed by atoms with E-state index in [1.54, 1.807) is 12.5 Å². The van der Waals surface area contributed by atoms with E-state index in [0.29, 0.717) is 13.0 Å². The molecule has 2 atom stereocenters. The Bertz CT molecular complexity index is 821. The van der Waals surface area contributed by atoms with Gasteiger partial charge in [0.15, 0.2) is 0 Å². The first-order chi connectivity index (χ1) is 13.2. The smallest absolute Gasteiger partial charge is 0.408 e. The number of aliphatic carboxylic acids is 1. The zero-order valence-electron chi connectivity index (χ0n) is 16.2. The first-order valence-electron chi connectivity index (χ1n) is 9.12. The molecule has 1 aromatic carbocycles. The van der Waals surface area contributed by atoms with Crippen LogP contribution in [0.15, 0.2) is 36.8 Å². The molecule has 0 bridgehead atoms. The van der Waals surface area contributed by atoms with Crippen LogP contribution in [0.2, 0.25) is 0 Å². The molecule has 0 aliphatic carbocycles. The van der Waals surface area contributed by atoms with Crippen molar-refractivity contribution in [2.45, 2.75) is 50.2 Å². The van der Waals surface area contributed by atoms with Crippen LogP contribution in [0, 0.1) is 12.8 Å². The minimum atomic E-state index is -1.22. The molecule has 0 spiro atoms. The van der Waals surface area contributed by atoms with Crippen molar-refractivity contribution in [2.24, 2.45) is 5.92 Å². The molecule has 2 N–H and O–H groups in total. The Hall–Kier alpha value is -2.10. The highest BCUT2D eigenvalue weighted by molar-refractivity contribution is 14.1. The summed E-state index contributed by atoms with van der Waals surface area (Å²) < 4.78 is 1.45. The van der Waals surface area contributed by atoms with Crippen molar-refractivity contribution >= 4 is 34.7 Å². The van der Waals surface area contributed by atoms with Crippen LogP contribution in [-0.4, -0.2) is 46.8 Å². The molecule has 0 fully saturated rings. The fraction of sp³-hybridized carbons (Fsp3) is 0.450. The van der Waals surface area contributed by atoms with Gasteiger partial charge in [-0.1, -0.05) is 60.7 Å². The summed E-state index contributed by atoms with van der Waals surface area (Å²) in [6.45, 7) is 6.44. The number of aromatic nitrogens is 2. The molecule has 1 aromatic heterocycles. The van der Waals surface area contributed by atoms with Crippen LogP contribution in [-0.2, 0) is 17.8 Å². The molecule has 0 saturated heterocycles. The lowest BCUT2D eigenvalue weighted by atomic mass is 10.0. The fourth-order valence-electron chi connectivity index (χ4n) is 3.13. The number of hydrogen-bond acceptors (Lipinski definition) is 3. The number of carbonyl (C=O) groups is 2. The number of imidazole rings is 1. The summed E-state index contributed by atoms with van der Waals surface area (Å²) in [4.78, 5) is 28.8. The molecule has 0 saturated carbocycles. The van der Waals surface area contributed by atoms with Crippen molar-refractivity contribution in [1.29, 1.82) is 0 Å². The van der Waals surface area contributed by atoms with Crippen molar-refractivity contribution in [1.82, 2.24) is 14.5 Å². The van der Waals surface area contributed by atoms with Gasteiger partial charge in [0.2, 0.25) is 0 Å². The predicted molar refractivity (Wildman–Crippen MR) is 115 cm³/mol. The molecule has 1 amide bonds. The number of halogens is 1. The number of alkyl halides is 1. The predicted octanol–water partition coefficient (Wildman–Crippen LogP) is 4.02. The van der Waals surface area contributed by atoms with E-state index >= 15 is 0 Å². The molecule has 28 heavy (non-hydrogen) atoms. The highest BCUT2D eigenvalue weighted by Gasteiger charge is 2.35. The molecule has 152 valence electrons. The van der Waals surface area contributed by atoms with E-state index < -0.39 is 22.2 Å². The summed E-state index contributed by atoms with van der Waals surface area (Å²) >= 11 is 2.01. The maximum atomic E-state index is 11.9. The van der Waals surface area contributed by atoms with Gasteiger partial charge >= 0.3 is 12.1 Å². The molecule has 0 aliphatic rings. The van der Waals surface area contributed by atoms with Crippen molar-refractivity contribution < 1.29 is 19.8 Å². The Morgan fingerprint density at radius 1 is 1.25 bits per heavy atom. The number of aryl methyl sites for hydroxylation is 1. The van der Waals surface area contributed by atoms with Crippen LogP contribution < -0.4 is 0 Å². The Balaban J connectivity index is 2.21. The standard InChI is InChI=1S/C20H26IN3O4/c1-13(2)8-17(19(25)26)24(20(27)28)18(21)9-16-10-22-12-23(16)11-15-7-5-4-6-14(15)3/h4-7,10,12-13,17-18H,8-9,11H2,1-3H3,(H,25,26)(H,27,28). The van der Waals surface area contributed by atoms with E-state index in [4.69, 9.17) is 0 Å². The third-order valence-corrected chi connectivity index (χ3v) is 5.66. The van der Waals surface area contributed by atoms with Gasteiger partial charge < -0.3 is 14.8 Å². The second-order valence-corrected chi connectivity index (χ2v) is 8.69. The van der Waals surface area contributed by atoms with Gasteiger partial charge in [0, 0.05) is 24.9 Å². The number of carboxylic acids is 1. The summed E-state index contributed by atoms with van der Waals surface area (Å²) in [7, 11) is 0. The SMILES string of the molecule is Cc1ccccc1Cn1cncc1CC(I)N(C(=O)O)C(CC(C)C)C(=O)O. The maximum Gasteiger partial charge on any atom is 0.408 e. The van der Waals surface area contributed by atoms with Gasteiger partial charge in [0.05, 0.1) is 10.4 Å². The largest absolute Gasteiger partial charge is 0.480 e. The minimum Gasteiger partial charge on any atom is -0.480 e. The van der Waals surface area contributed by atoms with Crippen molar-refractivity contribution in [3.63, 3.8) is 0 Å². The van der Waals surface area contributed by atoms with Gasteiger partial charge in [-0.05, 0) is 30.4 Å². The molecule has 0 radical (unpaired) electrons. The van der Waals surface area contributed by atoms with E-state index in [1.807, 2.05) is 72.2 Å². The van der Waals surface area contributed by atoms with E-state index in [-0.39, 0.29) is 12.3 Å². The van der Waals surface area contributed by atoms with E-state index in [1.165, 1.54) is 5.56 Å². The van der Waals surface area contributed by atoms with E-state index in [0.717, 1.165) is 16.2 Å². The Morgan fingerprint density at radius 2 is 1.93 bits per heavy atom. The van der Waals surface area contributed by atoms with Crippen LogP contribution in [0.3, 0.4) is 0 Å². The molecule has 2 rings (SSSR count). The van der Waals surface area contributed by atoms with Crippen molar-refractivity contribution in [2.75, 3.05) is 0 Å². The maximum absolute atomic E-state index is 11.9. The van der Waals surface area contributed by atoms with Crippen LogP contribution in [0.1, 0.15) is 37.1 Å². The molecule has 8 heteroatoms. The van der Waals surface area contributed by atoms with Crippen LogP contribution in [0.5, 0.6) is 0 Å². The van der Waals surface area contributed by atoms with Gasteiger partial charge in [0.1, 0.15) is 6.04 Å². The van der Waals surface area contributed by atoms with Gasteiger partial charge in [0.25, 0.3) is 0 Å². The third kappa shape index (κ3) is 5.70. The highest BCUT2D eigenvalue weighted by atomic mass is 127. The lowest BCUT2D eigenvalue weighted by Crippen LogP contribution is -2.49. The number of rotatable bonds is 9. The summed E-state index contributed by atoms with van der Waals surface area (Å²) in [5.41, 5.74) is 3.19. The first kappa shape index (κ1) is 22.2. The lowest BCUT2D eigenvalue weighted by Gasteiger charge is -2.31. The van der Waals surface area contributed by atoms with E-state index in [2.05, 4.69) is 4.98 Å². The number of nitrogens with zero attached hydrogens (tertiary/aromatic N) is 3. The topological polar surface area (TPSA) is 95.7 Å². The third-order valence-electron chi connectivity index (χ3n) is 4.62. The summed E-state index contributed by atoms with van der Waals surface area (Å²) in [6.07, 6.45) is 2.85. The van der Waals surface area contributed by atoms with Crippen LogP contribution in [0.25, 0.3) is 0 Å². The zero-order valence-corrected chi connectivity index (χ0v) is 18.4. The minimum absolute atomic E-state index is 0.0677. The number of carboxylic acid groups (broad SMARTS) is 2. The average Bonchev–Trinajstić information content (AvgIpc) is 3.02. The Morgan fingerprint density at radius 3 is 2.50 bits per heavy atom. The molecule has 0 aliphatic heterocycles. The van der Waals surface area contributed by atoms with E-state index in [9.17, 15) is 19.8 Å². The quantitative estimate of drug-likeness (QED) is 0.309. The second kappa shape index (κ2) is 9.90. The molecule has 2 unspecified atom stereocenters. The lowest BCUT2D eigenvalue weighted by molar-refractivity contribution is -0.143. The first-order valence-corrected chi connectivity index (χ1v) is 10.4. The number of hydrogen-bond donors (Lipinski definition) is 2. The monoisotopic (exact) mass is 499 g/mol. The van der Waals surface area contributed by atoms with Gasteiger partial charge in [-0.3, -0.25) is 4.90 Å². The molecule has 7 nitrogen and oxygen atoms in total. The van der Waals surface area contributed by atoms with Crippen LogP contribution in [0.4, 0.5) is 4.79 Å². The summed E-state index contributed by atoms with van der Waals surface area (Å²) in [5, 5.41) is 19.3. The number of amides is 1. The van der Waals surface area contributed by atoms with Gasteiger partial charge in [-0.2, -0.15) is 0 Å². The summed E-state index contributed by atoms with van der Waals surface area (Å²) in [6, 6.07) is 6.98. The molecule has 1 heterocycles. The number of benzene rings is 1. The van der Waals surface area contributed by atoms with Crippen molar-refractivity contribution in [3.8, 4) is 0 Å². The molecule has 2 aromatic rings. The van der Waals surface area contributed by atoms with Crippen molar-refractivity contribution in [3.05, 3.63) is 53.6 Å². The average molecular weight is 499 g/mol. The summed E-state index contributed by atoms with van der Waals surface area (Å²) in [5.74, 6) is -1.05. The molecular formula is C20H26IN3O4. The van der Waals surface area contributed by atoms with Gasteiger partial charge in [-0.25, -0.2) is 14.6 Å². The second-order valence-electron chi connectivity index (χ2n) is 7.25.